The number of aromatic nitrogens is 3. The van der Waals surface area contributed by atoms with Gasteiger partial charge in [0.25, 0.3) is 5.56 Å². The lowest BCUT2D eigenvalue weighted by molar-refractivity contribution is 0.616. The van der Waals surface area contributed by atoms with Crippen LogP contribution in [-0.2, 0) is 6.54 Å². The first kappa shape index (κ1) is 16.5. The molecule has 0 saturated carbocycles. The van der Waals surface area contributed by atoms with Crippen LogP contribution in [0.1, 0.15) is 11.3 Å². The number of halogens is 2. The van der Waals surface area contributed by atoms with E-state index < -0.39 is 0 Å². The highest BCUT2D eigenvalue weighted by molar-refractivity contribution is 6.30. The molecule has 3 heterocycles. The van der Waals surface area contributed by atoms with Crippen LogP contribution in [0.3, 0.4) is 0 Å². The summed E-state index contributed by atoms with van der Waals surface area (Å²) in [6.45, 7) is 2.05. The SMILES string of the molecule is Cc1cccn(Cc2c(-c3ccc(Cl)cc3)nc3ccc(F)cn23)c1=O. The molecule has 0 bridgehead atoms. The highest BCUT2D eigenvalue weighted by Crippen LogP contribution is 2.26. The molecule has 6 heteroatoms. The van der Waals surface area contributed by atoms with Gasteiger partial charge in [-0.3, -0.25) is 9.20 Å². The maximum absolute atomic E-state index is 13.8. The predicted octanol–water partition coefficient (Wildman–Crippen LogP) is 4.31. The molecule has 0 amide bonds. The predicted molar refractivity (Wildman–Crippen MR) is 100 cm³/mol. The third-order valence-corrected chi connectivity index (χ3v) is 4.58. The molecule has 3 aromatic heterocycles. The van der Waals surface area contributed by atoms with Crippen LogP contribution in [0.4, 0.5) is 4.39 Å². The summed E-state index contributed by atoms with van der Waals surface area (Å²) in [4.78, 5) is 17.1. The molecule has 0 fully saturated rings. The van der Waals surface area contributed by atoms with Crippen molar-refractivity contribution in [1.82, 2.24) is 14.0 Å². The summed E-state index contributed by atoms with van der Waals surface area (Å²) in [5, 5.41) is 0.625. The molecule has 0 spiro atoms. The van der Waals surface area contributed by atoms with Crippen LogP contribution in [0.25, 0.3) is 16.9 Å². The van der Waals surface area contributed by atoms with E-state index >= 15 is 0 Å². The lowest BCUT2D eigenvalue weighted by atomic mass is 10.1. The van der Waals surface area contributed by atoms with Crippen LogP contribution in [0.5, 0.6) is 0 Å². The monoisotopic (exact) mass is 367 g/mol. The van der Waals surface area contributed by atoms with Crippen molar-refractivity contribution in [3.63, 3.8) is 0 Å². The van der Waals surface area contributed by atoms with E-state index in [-0.39, 0.29) is 17.9 Å². The van der Waals surface area contributed by atoms with Gasteiger partial charge in [-0.05, 0) is 37.3 Å². The summed E-state index contributed by atoms with van der Waals surface area (Å²) in [6, 6.07) is 13.9. The summed E-state index contributed by atoms with van der Waals surface area (Å²) >= 11 is 5.99. The number of aryl methyl sites for hydroxylation is 1. The van der Waals surface area contributed by atoms with Crippen molar-refractivity contribution >= 4 is 17.2 Å². The molecule has 0 aliphatic rings. The largest absolute Gasteiger partial charge is 0.309 e. The lowest BCUT2D eigenvalue weighted by Gasteiger charge is -2.09. The van der Waals surface area contributed by atoms with E-state index in [1.165, 1.54) is 12.3 Å². The maximum atomic E-state index is 13.8. The van der Waals surface area contributed by atoms with Gasteiger partial charge in [-0.25, -0.2) is 9.37 Å². The Balaban J connectivity index is 1.94. The van der Waals surface area contributed by atoms with E-state index in [1.807, 2.05) is 18.2 Å². The number of imidazole rings is 1. The molecule has 26 heavy (non-hydrogen) atoms. The Morgan fingerprint density at radius 1 is 1.12 bits per heavy atom. The smallest absolute Gasteiger partial charge is 0.253 e. The van der Waals surface area contributed by atoms with E-state index in [9.17, 15) is 9.18 Å². The Morgan fingerprint density at radius 3 is 2.65 bits per heavy atom. The Kier molecular flexibility index (Phi) is 4.09. The topological polar surface area (TPSA) is 39.3 Å². The molecule has 4 aromatic rings. The van der Waals surface area contributed by atoms with Crippen LogP contribution >= 0.6 is 11.6 Å². The van der Waals surface area contributed by atoms with Crippen molar-refractivity contribution < 1.29 is 4.39 Å². The van der Waals surface area contributed by atoms with Gasteiger partial charge in [-0.1, -0.05) is 29.8 Å². The van der Waals surface area contributed by atoms with Gasteiger partial charge in [0.05, 0.1) is 17.9 Å². The van der Waals surface area contributed by atoms with E-state index in [0.717, 1.165) is 11.3 Å². The minimum Gasteiger partial charge on any atom is -0.309 e. The molecule has 130 valence electrons. The average molecular weight is 368 g/mol. The third-order valence-electron chi connectivity index (χ3n) is 4.33. The molecule has 0 N–H and O–H groups in total. The summed E-state index contributed by atoms with van der Waals surface area (Å²) in [5.74, 6) is -0.365. The fourth-order valence-electron chi connectivity index (χ4n) is 3.00. The highest BCUT2D eigenvalue weighted by atomic mass is 35.5. The minimum atomic E-state index is -0.365. The van der Waals surface area contributed by atoms with Gasteiger partial charge in [0.1, 0.15) is 11.5 Å². The first-order valence-corrected chi connectivity index (χ1v) is 8.49. The number of fused-ring (bicyclic) bond motifs is 1. The Hall–Kier alpha value is -2.92. The molecule has 4 nitrogen and oxygen atoms in total. The molecular weight excluding hydrogens is 353 g/mol. The van der Waals surface area contributed by atoms with Gasteiger partial charge in [-0.15, -0.1) is 0 Å². The number of nitrogens with zero attached hydrogens (tertiary/aromatic N) is 3. The molecule has 0 atom stereocenters. The summed E-state index contributed by atoms with van der Waals surface area (Å²) in [6.07, 6.45) is 3.11. The van der Waals surface area contributed by atoms with Crippen LogP contribution < -0.4 is 5.56 Å². The van der Waals surface area contributed by atoms with Crippen molar-refractivity contribution in [2.75, 3.05) is 0 Å². The van der Waals surface area contributed by atoms with E-state index in [2.05, 4.69) is 4.98 Å². The van der Waals surface area contributed by atoms with E-state index in [4.69, 9.17) is 11.6 Å². The van der Waals surface area contributed by atoms with Crippen molar-refractivity contribution in [3.8, 4) is 11.3 Å². The average Bonchev–Trinajstić information content (AvgIpc) is 2.97. The third kappa shape index (κ3) is 2.91. The second-order valence-electron chi connectivity index (χ2n) is 6.11. The summed E-state index contributed by atoms with van der Waals surface area (Å²) in [5.41, 5.74) is 3.47. The Bertz CT molecular complexity index is 1160. The number of benzene rings is 1. The van der Waals surface area contributed by atoms with E-state index in [0.29, 0.717) is 21.9 Å². The van der Waals surface area contributed by atoms with Crippen LogP contribution in [-0.4, -0.2) is 14.0 Å². The molecule has 0 aliphatic heterocycles. The first-order chi connectivity index (χ1) is 12.5. The summed E-state index contributed by atoms with van der Waals surface area (Å²) < 4.78 is 17.1. The van der Waals surface area contributed by atoms with Gasteiger partial charge < -0.3 is 4.57 Å². The van der Waals surface area contributed by atoms with Crippen LogP contribution in [0, 0.1) is 12.7 Å². The molecule has 0 radical (unpaired) electrons. The molecule has 0 unspecified atom stereocenters. The zero-order valence-corrected chi connectivity index (χ0v) is 14.7. The maximum Gasteiger partial charge on any atom is 0.253 e. The van der Waals surface area contributed by atoms with Crippen molar-refractivity contribution in [2.24, 2.45) is 0 Å². The van der Waals surface area contributed by atoms with Crippen LogP contribution in [0.2, 0.25) is 5.02 Å². The van der Waals surface area contributed by atoms with Gasteiger partial charge in [0.15, 0.2) is 0 Å². The van der Waals surface area contributed by atoms with Crippen molar-refractivity contribution in [3.05, 3.63) is 93.4 Å². The quantitative estimate of drug-likeness (QED) is 0.541. The second-order valence-corrected chi connectivity index (χ2v) is 6.55. The van der Waals surface area contributed by atoms with Crippen molar-refractivity contribution in [1.29, 1.82) is 0 Å². The fraction of sp³-hybridized carbons (Fsp3) is 0.100. The van der Waals surface area contributed by atoms with Crippen molar-refractivity contribution in [2.45, 2.75) is 13.5 Å². The molecule has 1 aromatic carbocycles. The number of hydrogen-bond donors (Lipinski definition) is 0. The molecule has 0 aliphatic carbocycles. The zero-order chi connectivity index (χ0) is 18.3. The Labute approximate surface area is 154 Å². The molecule has 0 saturated heterocycles. The Morgan fingerprint density at radius 2 is 1.88 bits per heavy atom. The minimum absolute atomic E-state index is 0.0825. The molecular formula is C20H15ClFN3O. The zero-order valence-electron chi connectivity index (χ0n) is 14.0. The summed E-state index contributed by atoms with van der Waals surface area (Å²) in [7, 11) is 0. The molecule has 4 rings (SSSR count). The lowest BCUT2D eigenvalue weighted by Crippen LogP contribution is -2.22. The standard InChI is InChI=1S/C20H15ClFN3O/c1-13-3-2-10-24(20(13)26)12-17-19(14-4-6-15(21)7-5-14)23-18-9-8-16(22)11-25(17)18/h2-11H,12H2,1H3. The fourth-order valence-corrected chi connectivity index (χ4v) is 3.13. The highest BCUT2D eigenvalue weighted by Gasteiger charge is 2.16. The second kappa shape index (κ2) is 6.42. The van der Waals surface area contributed by atoms with Gasteiger partial charge in [0.2, 0.25) is 0 Å². The van der Waals surface area contributed by atoms with Crippen LogP contribution in [0.15, 0.2) is 65.7 Å². The number of hydrogen-bond acceptors (Lipinski definition) is 2. The van der Waals surface area contributed by atoms with Gasteiger partial charge in [-0.2, -0.15) is 0 Å². The van der Waals surface area contributed by atoms with E-state index in [1.54, 1.807) is 46.4 Å². The normalized spacial score (nSPS) is 11.2. The van der Waals surface area contributed by atoms with Gasteiger partial charge >= 0.3 is 0 Å². The van der Waals surface area contributed by atoms with Gasteiger partial charge in [0, 0.05) is 28.5 Å². The number of pyridine rings is 2. The first-order valence-electron chi connectivity index (χ1n) is 8.11. The number of rotatable bonds is 3.